The fraction of sp³-hybridized carbons (Fsp3) is 0.286. The molecule has 5 heteroatoms. The molecule has 1 fully saturated rings. The maximum atomic E-state index is 12.1. The van der Waals surface area contributed by atoms with E-state index in [1.54, 1.807) is 23.1 Å². The number of nitrogens with zero attached hydrogens (tertiary/aromatic N) is 2. The highest BCUT2D eigenvalue weighted by Crippen LogP contribution is 2.42. The third-order valence-electron chi connectivity index (χ3n) is 3.05. The molecule has 0 aliphatic carbocycles. The van der Waals surface area contributed by atoms with E-state index in [4.69, 9.17) is 0 Å². The van der Waals surface area contributed by atoms with Crippen LogP contribution in [-0.4, -0.2) is 16.6 Å². The smallest absolute Gasteiger partial charge is 0.240 e. The summed E-state index contributed by atoms with van der Waals surface area (Å²) in [6, 6.07) is 8.37. The van der Waals surface area contributed by atoms with Gasteiger partial charge in [-0.15, -0.1) is 23.1 Å². The van der Waals surface area contributed by atoms with E-state index in [-0.39, 0.29) is 11.3 Å². The molecule has 1 aliphatic rings. The maximum Gasteiger partial charge on any atom is 0.240 e. The van der Waals surface area contributed by atoms with Crippen molar-refractivity contribution in [3.8, 4) is 0 Å². The Morgan fingerprint density at radius 3 is 2.63 bits per heavy atom. The van der Waals surface area contributed by atoms with Crippen molar-refractivity contribution >= 4 is 34.1 Å². The molecule has 3 nitrogen and oxygen atoms in total. The van der Waals surface area contributed by atoms with Crippen LogP contribution in [0.25, 0.3) is 0 Å². The molecule has 1 amide bonds. The van der Waals surface area contributed by atoms with Crippen LogP contribution < -0.4 is 4.90 Å². The summed E-state index contributed by atoms with van der Waals surface area (Å²) < 4.78 is 0. The highest BCUT2D eigenvalue weighted by Gasteiger charge is 2.35. The number of aryl methyl sites for hydroxylation is 2. The lowest BCUT2D eigenvalue weighted by atomic mass is 10.1. The first kappa shape index (κ1) is 12.7. The highest BCUT2D eigenvalue weighted by molar-refractivity contribution is 8.00. The number of benzene rings is 1. The molecule has 3 rings (SSSR count). The Kier molecular flexibility index (Phi) is 3.33. The second-order valence-electron chi connectivity index (χ2n) is 4.59. The molecule has 1 aromatic carbocycles. The number of amides is 1. The number of carbonyl (C=O) groups excluding carboxylic acids is 1. The van der Waals surface area contributed by atoms with Gasteiger partial charge in [-0.25, -0.2) is 4.98 Å². The summed E-state index contributed by atoms with van der Waals surface area (Å²) in [5.41, 5.74) is 2.39. The molecule has 0 spiro atoms. The van der Waals surface area contributed by atoms with Crippen LogP contribution in [0.4, 0.5) is 5.13 Å². The Bertz CT molecular complexity index is 606. The Morgan fingerprint density at radius 1 is 1.26 bits per heavy atom. The fourth-order valence-corrected chi connectivity index (χ4v) is 4.09. The first-order valence-electron chi connectivity index (χ1n) is 6.08. The topological polar surface area (TPSA) is 33.2 Å². The Hall–Kier alpha value is -1.33. The number of carbonyl (C=O) groups is 1. The highest BCUT2D eigenvalue weighted by atomic mass is 32.2. The van der Waals surface area contributed by atoms with Gasteiger partial charge < -0.3 is 0 Å². The predicted molar refractivity (Wildman–Crippen MR) is 80.7 cm³/mol. The van der Waals surface area contributed by atoms with Crippen LogP contribution in [0, 0.1) is 13.8 Å². The van der Waals surface area contributed by atoms with Crippen molar-refractivity contribution in [1.82, 2.24) is 4.98 Å². The lowest BCUT2D eigenvalue weighted by Gasteiger charge is -2.21. The van der Waals surface area contributed by atoms with Crippen molar-refractivity contribution < 1.29 is 4.79 Å². The first-order chi connectivity index (χ1) is 9.15. The summed E-state index contributed by atoms with van der Waals surface area (Å²) >= 11 is 3.24. The Balaban J connectivity index is 1.96. The summed E-state index contributed by atoms with van der Waals surface area (Å²) in [7, 11) is 0. The molecule has 1 saturated heterocycles. The van der Waals surface area contributed by atoms with Gasteiger partial charge in [-0.2, -0.15) is 0 Å². The average Bonchev–Trinajstić information content (AvgIpc) is 2.96. The van der Waals surface area contributed by atoms with Gasteiger partial charge in [-0.3, -0.25) is 9.69 Å². The maximum absolute atomic E-state index is 12.1. The quantitative estimate of drug-likeness (QED) is 0.848. The van der Waals surface area contributed by atoms with Gasteiger partial charge in [0.05, 0.1) is 5.75 Å². The summed E-state index contributed by atoms with van der Waals surface area (Å²) in [6.45, 7) is 4.08. The van der Waals surface area contributed by atoms with Gasteiger partial charge in [-0.1, -0.05) is 29.8 Å². The van der Waals surface area contributed by atoms with Gasteiger partial charge in [0.15, 0.2) is 5.13 Å². The predicted octanol–water partition coefficient (Wildman–Crippen LogP) is 3.54. The van der Waals surface area contributed by atoms with Crippen LogP contribution in [0.2, 0.25) is 0 Å². The zero-order valence-electron chi connectivity index (χ0n) is 10.8. The normalized spacial score (nSPS) is 19.2. The molecule has 0 saturated carbocycles. The Morgan fingerprint density at radius 2 is 2.00 bits per heavy atom. The molecule has 1 atom stereocenters. The lowest BCUT2D eigenvalue weighted by molar-refractivity contribution is -0.115. The van der Waals surface area contributed by atoms with E-state index in [1.165, 1.54) is 5.56 Å². The largest absolute Gasteiger partial charge is 0.273 e. The van der Waals surface area contributed by atoms with E-state index in [1.807, 2.05) is 18.0 Å². The molecule has 19 heavy (non-hydrogen) atoms. The van der Waals surface area contributed by atoms with Crippen LogP contribution in [0.1, 0.15) is 21.4 Å². The van der Waals surface area contributed by atoms with Crippen LogP contribution >= 0.6 is 23.1 Å². The molecule has 0 N–H and O–H groups in total. The van der Waals surface area contributed by atoms with Gasteiger partial charge in [0.25, 0.3) is 0 Å². The van der Waals surface area contributed by atoms with Gasteiger partial charge in [0.2, 0.25) is 5.91 Å². The summed E-state index contributed by atoms with van der Waals surface area (Å²) in [4.78, 5) is 19.4. The molecule has 1 aliphatic heterocycles. The molecule has 98 valence electrons. The summed E-state index contributed by atoms with van der Waals surface area (Å²) in [5, 5.41) is 0.858. The van der Waals surface area contributed by atoms with Crippen molar-refractivity contribution in [2.24, 2.45) is 0 Å². The average molecular weight is 290 g/mol. The minimum absolute atomic E-state index is 0.0543. The van der Waals surface area contributed by atoms with Gasteiger partial charge >= 0.3 is 0 Å². The van der Waals surface area contributed by atoms with Crippen LogP contribution in [0.3, 0.4) is 0 Å². The monoisotopic (exact) mass is 290 g/mol. The van der Waals surface area contributed by atoms with Crippen LogP contribution in [-0.2, 0) is 4.79 Å². The zero-order chi connectivity index (χ0) is 13.4. The molecular formula is C14H14N2OS2. The van der Waals surface area contributed by atoms with E-state index in [0.717, 1.165) is 15.6 Å². The second kappa shape index (κ2) is 4.98. The van der Waals surface area contributed by atoms with Crippen molar-refractivity contribution in [2.45, 2.75) is 19.2 Å². The minimum Gasteiger partial charge on any atom is -0.273 e. The van der Waals surface area contributed by atoms with Gasteiger partial charge in [0, 0.05) is 11.1 Å². The van der Waals surface area contributed by atoms with E-state index in [9.17, 15) is 4.79 Å². The molecule has 0 bridgehead atoms. The number of aromatic nitrogens is 1. The lowest BCUT2D eigenvalue weighted by Crippen LogP contribution is -2.27. The standard InChI is InChI=1S/C14H14N2OS2/c1-9-3-5-11(6-4-9)13-16(12(17)8-18-13)14-15-7-10(2)19-14/h3-7,13H,8H2,1-2H3/t13-/m1/s1. The van der Waals surface area contributed by atoms with E-state index < -0.39 is 0 Å². The first-order valence-corrected chi connectivity index (χ1v) is 7.94. The molecular weight excluding hydrogens is 276 g/mol. The molecule has 1 aromatic heterocycles. The SMILES string of the molecule is Cc1ccc([C@H]2SCC(=O)N2c2ncc(C)s2)cc1. The number of hydrogen-bond acceptors (Lipinski definition) is 4. The number of anilines is 1. The fourth-order valence-electron chi connectivity index (χ4n) is 2.06. The van der Waals surface area contributed by atoms with Crippen LogP contribution in [0.5, 0.6) is 0 Å². The van der Waals surface area contributed by atoms with Crippen LogP contribution in [0.15, 0.2) is 30.5 Å². The van der Waals surface area contributed by atoms with Crippen molar-refractivity contribution in [3.05, 3.63) is 46.5 Å². The van der Waals surface area contributed by atoms with E-state index in [2.05, 4.69) is 36.2 Å². The number of hydrogen-bond donors (Lipinski definition) is 0. The van der Waals surface area contributed by atoms with Crippen molar-refractivity contribution in [1.29, 1.82) is 0 Å². The number of thioether (sulfide) groups is 1. The molecule has 0 unspecified atom stereocenters. The number of rotatable bonds is 2. The summed E-state index contributed by atoms with van der Waals surface area (Å²) in [5.74, 6) is 0.668. The van der Waals surface area contributed by atoms with E-state index >= 15 is 0 Å². The minimum atomic E-state index is 0.0543. The van der Waals surface area contributed by atoms with Gasteiger partial charge in [-0.05, 0) is 19.4 Å². The van der Waals surface area contributed by atoms with Crippen molar-refractivity contribution in [2.75, 3.05) is 10.7 Å². The van der Waals surface area contributed by atoms with Gasteiger partial charge in [0.1, 0.15) is 5.37 Å². The van der Waals surface area contributed by atoms with E-state index in [0.29, 0.717) is 5.75 Å². The third kappa shape index (κ3) is 2.40. The molecule has 0 radical (unpaired) electrons. The number of thiazole rings is 1. The zero-order valence-corrected chi connectivity index (χ0v) is 12.4. The molecule has 2 aromatic rings. The molecule has 2 heterocycles. The third-order valence-corrected chi connectivity index (χ3v) is 5.17. The Labute approximate surface area is 120 Å². The van der Waals surface area contributed by atoms with Crippen molar-refractivity contribution in [3.63, 3.8) is 0 Å². The summed E-state index contributed by atoms with van der Waals surface area (Å²) in [6.07, 6.45) is 1.82. The second-order valence-corrected chi connectivity index (χ2v) is 6.87.